The Morgan fingerprint density at radius 1 is 1.07 bits per heavy atom. The number of nitrogens with one attached hydrogen (secondary N) is 3. The highest BCUT2D eigenvalue weighted by molar-refractivity contribution is 6.33. The number of carbonyl (C=O) groups excluding carboxylic acids is 2. The minimum absolute atomic E-state index is 0.0111. The maximum Gasteiger partial charge on any atom is 0.292 e. The van der Waals surface area contributed by atoms with E-state index >= 15 is 0 Å². The number of nitrogens with zero attached hydrogens (tertiary/aromatic N) is 1. The van der Waals surface area contributed by atoms with Crippen LogP contribution in [0.3, 0.4) is 0 Å². The van der Waals surface area contributed by atoms with Crippen LogP contribution in [0.4, 0.5) is 15.8 Å². The number of hydrogen-bond acceptors (Lipinski definition) is 5. The molecule has 0 spiro atoms. The van der Waals surface area contributed by atoms with Gasteiger partial charge in [0.05, 0.1) is 15.5 Å². The Morgan fingerprint density at radius 3 is 2.54 bits per heavy atom. The second-order valence-electron chi connectivity index (χ2n) is 5.68. The van der Waals surface area contributed by atoms with Crippen LogP contribution in [0.2, 0.25) is 5.02 Å². The van der Waals surface area contributed by atoms with E-state index in [4.69, 9.17) is 11.6 Å². The minimum Gasteiger partial charge on any atom is -0.378 e. The van der Waals surface area contributed by atoms with Gasteiger partial charge in [0, 0.05) is 32.1 Å². The molecule has 0 unspecified atom stereocenters. The maximum atomic E-state index is 13.0. The van der Waals surface area contributed by atoms with Gasteiger partial charge < -0.3 is 16.0 Å². The molecule has 2 amide bonds. The minimum atomic E-state index is -0.546. The molecule has 148 valence electrons. The summed E-state index contributed by atoms with van der Waals surface area (Å²) in [6.45, 7) is 0.632. The van der Waals surface area contributed by atoms with Crippen LogP contribution in [-0.4, -0.2) is 36.4 Å². The zero-order valence-electron chi connectivity index (χ0n) is 14.7. The largest absolute Gasteiger partial charge is 0.378 e. The lowest BCUT2D eigenvalue weighted by Gasteiger charge is -2.09. The predicted molar refractivity (Wildman–Crippen MR) is 103 cm³/mol. The van der Waals surface area contributed by atoms with Crippen molar-refractivity contribution in [3.63, 3.8) is 0 Å². The SMILES string of the molecule is O=C(CCNC(=O)c1ccc(F)cc1Cl)NCCNc1ccccc1[N+](=O)[O-]. The molecule has 0 atom stereocenters. The second-order valence-corrected chi connectivity index (χ2v) is 6.09. The molecule has 3 N–H and O–H groups in total. The molecular weight excluding hydrogens is 391 g/mol. The predicted octanol–water partition coefficient (Wildman–Crippen LogP) is 2.74. The molecule has 2 aromatic rings. The molecule has 0 aromatic heterocycles. The molecule has 10 heteroatoms. The van der Waals surface area contributed by atoms with Crippen molar-refractivity contribution in [1.82, 2.24) is 10.6 Å². The Hall–Kier alpha value is -3.20. The Morgan fingerprint density at radius 2 is 1.82 bits per heavy atom. The molecule has 0 saturated carbocycles. The van der Waals surface area contributed by atoms with Crippen molar-refractivity contribution >= 4 is 34.8 Å². The summed E-state index contributed by atoms with van der Waals surface area (Å²) in [6, 6.07) is 9.63. The van der Waals surface area contributed by atoms with Crippen LogP contribution in [0.1, 0.15) is 16.8 Å². The fraction of sp³-hybridized carbons (Fsp3) is 0.222. The lowest BCUT2D eigenvalue weighted by Crippen LogP contribution is -2.33. The number of rotatable bonds is 9. The number of para-hydroxylation sites is 2. The number of benzene rings is 2. The Bertz CT molecular complexity index is 878. The van der Waals surface area contributed by atoms with Gasteiger partial charge in [-0.15, -0.1) is 0 Å². The maximum absolute atomic E-state index is 13.0. The molecular formula is C18H18ClFN4O4. The van der Waals surface area contributed by atoms with Crippen molar-refractivity contribution in [2.24, 2.45) is 0 Å². The topological polar surface area (TPSA) is 113 Å². The van der Waals surface area contributed by atoms with Gasteiger partial charge in [-0.1, -0.05) is 23.7 Å². The molecule has 0 fully saturated rings. The van der Waals surface area contributed by atoms with Gasteiger partial charge in [-0.3, -0.25) is 19.7 Å². The summed E-state index contributed by atoms with van der Waals surface area (Å²) in [7, 11) is 0. The lowest BCUT2D eigenvalue weighted by atomic mass is 10.2. The van der Waals surface area contributed by atoms with Gasteiger partial charge >= 0.3 is 0 Å². The molecule has 0 aliphatic heterocycles. The van der Waals surface area contributed by atoms with Gasteiger partial charge in [0.15, 0.2) is 0 Å². The second kappa shape index (κ2) is 10.2. The highest BCUT2D eigenvalue weighted by Crippen LogP contribution is 2.22. The van der Waals surface area contributed by atoms with Crippen molar-refractivity contribution in [1.29, 1.82) is 0 Å². The summed E-state index contributed by atoms with van der Waals surface area (Å²) in [4.78, 5) is 34.2. The third-order valence-corrected chi connectivity index (χ3v) is 3.99. The van der Waals surface area contributed by atoms with Crippen LogP contribution in [0.15, 0.2) is 42.5 Å². The summed E-state index contributed by atoms with van der Waals surface area (Å²) in [5.41, 5.74) is 0.443. The van der Waals surface area contributed by atoms with Crippen molar-refractivity contribution in [2.45, 2.75) is 6.42 Å². The van der Waals surface area contributed by atoms with E-state index in [9.17, 15) is 24.1 Å². The lowest BCUT2D eigenvalue weighted by molar-refractivity contribution is -0.384. The van der Waals surface area contributed by atoms with Crippen LogP contribution in [0.5, 0.6) is 0 Å². The van der Waals surface area contributed by atoms with E-state index < -0.39 is 16.6 Å². The van der Waals surface area contributed by atoms with Crippen LogP contribution in [-0.2, 0) is 4.79 Å². The van der Waals surface area contributed by atoms with Gasteiger partial charge in [0.1, 0.15) is 11.5 Å². The molecule has 2 aromatic carbocycles. The number of amides is 2. The number of hydrogen-bond donors (Lipinski definition) is 3. The van der Waals surface area contributed by atoms with Crippen molar-refractivity contribution < 1.29 is 18.9 Å². The van der Waals surface area contributed by atoms with E-state index in [1.165, 1.54) is 12.1 Å². The van der Waals surface area contributed by atoms with E-state index in [1.54, 1.807) is 18.2 Å². The third kappa shape index (κ3) is 6.20. The van der Waals surface area contributed by atoms with E-state index in [0.717, 1.165) is 12.1 Å². The molecule has 0 radical (unpaired) electrons. The summed E-state index contributed by atoms with van der Waals surface area (Å²) in [5, 5.41) is 18.9. The Kier molecular flexibility index (Phi) is 7.70. The van der Waals surface area contributed by atoms with Crippen LogP contribution < -0.4 is 16.0 Å². The average Bonchev–Trinajstić information content (AvgIpc) is 2.65. The first kappa shape index (κ1) is 21.1. The molecule has 0 heterocycles. The highest BCUT2D eigenvalue weighted by atomic mass is 35.5. The normalized spacial score (nSPS) is 10.2. The number of anilines is 1. The van der Waals surface area contributed by atoms with Gasteiger partial charge in [-0.25, -0.2) is 4.39 Å². The first-order chi connectivity index (χ1) is 13.4. The summed E-state index contributed by atoms with van der Waals surface area (Å²) in [5.74, 6) is -1.35. The number of nitro benzene ring substituents is 1. The Balaban J connectivity index is 1.68. The van der Waals surface area contributed by atoms with Crippen molar-refractivity contribution in [2.75, 3.05) is 25.0 Å². The zero-order chi connectivity index (χ0) is 20.5. The fourth-order valence-electron chi connectivity index (χ4n) is 2.33. The highest BCUT2D eigenvalue weighted by Gasteiger charge is 2.12. The smallest absolute Gasteiger partial charge is 0.292 e. The van der Waals surface area contributed by atoms with E-state index in [1.807, 2.05) is 0 Å². The number of carbonyl (C=O) groups is 2. The fourth-order valence-corrected chi connectivity index (χ4v) is 2.58. The molecule has 0 bridgehead atoms. The molecule has 8 nitrogen and oxygen atoms in total. The first-order valence-corrected chi connectivity index (χ1v) is 8.73. The first-order valence-electron chi connectivity index (χ1n) is 8.35. The molecule has 0 saturated heterocycles. The van der Waals surface area contributed by atoms with Gasteiger partial charge in [-0.05, 0) is 24.3 Å². The number of nitro groups is 1. The molecule has 2 rings (SSSR count). The standard InChI is InChI=1S/C18H18ClFN4O4/c19-14-11-12(20)5-6-13(14)18(26)23-8-7-17(25)22-10-9-21-15-3-1-2-4-16(15)24(27)28/h1-6,11,21H,7-10H2,(H,22,25)(H,23,26). The Labute approximate surface area is 165 Å². The van der Waals surface area contributed by atoms with Crippen molar-refractivity contribution in [3.05, 3.63) is 69.0 Å². The van der Waals surface area contributed by atoms with Crippen LogP contribution >= 0.6 is 11.6 Å². The summed E-state index contributed by atoms with van der Waals surface area (Å²) >= 11 is 5.80. The van der Waals surface area contributed by atoms with Crippen LogP contribution in [0.25, 0.3) is 0 Å². The van der Waals surface area contributed by atoms with Gasteiger partial charge in [0.2, 0.25) is 5.91 Å². The molecule has 0 aliphatic rings. The van der Waals surface area contributed by atoms with E-state index in [2.05, 4.69) is 16.0 Å². The molecule has 0 aliphatic carbocycles. The number of halogens is 2. The zero-order valence-corrected chi connectivity index (χ0v) is 15.5. The molecule has 28 heavy (non-hydrogen) atoms. The average molecular weight is 409 g/mol. The van der Waals surface area contributed by atoms with E-state index in [-0.39, 0.29) is 41.7 Å². The van der Waals surface area contributed by atoms with Crippen molar-refractivity contribution in [3.8, 4) is 0 Å². The van der Waals surface area contributed by atoms with Crippen LogP contribution in [0, 0.1) is 15.9 Å². The third-order valence-electron chi connectivity index (χ3n) is 3.68. The van der Waals surface area contributed by atoms with Gasteiger partial charge in [0.25, 0.3) is 11.6 Å². The van der Waals surface area contributed by atoms with Gasteiger partial charge in [-0.2, -0.15) is 0 Å². The van der Waals surface area contributed by atoms with E-state index in [0.29, 0.717) is 12.2 Å². The quantitative estimate of drug-likeness (QED) is 0.335. The summed E-state index contributed by atoms with van der Waals surface area (Å²) < 4.78 is 13.0. The summed E-state index contributed by atoms with van der Waals surface area (Å²) in [6.07, 6.45) is 0.0377. The monoisotopic (exact) mass is 408 g/mol.